The minimum Gasteiger partial charge on any atom is -0.463 e. The predicted octanol–water partition coefficient (Wildman–Crippen LogP) is 3.50. The molecule has 0 aliphatic heterocycles. The number of ether oxygens (including phenoxy) is 1. The van der Waals surface area contributed by atoms with E-state index in [0.717, 1.165) is 44.9 Å². The summed E-state index contributed by atoms with van der Waals surface area (Å²) in [6.45, 7) is 6.05. The Bertz CT molecular complexity index is 586. The van der Waals surface area contributed by atoms with Crippen molar-refractivity contribution in [3.8, 4) is 0 Å². The van der Waals surface area contributed by atoms with Gasteiger partial charge in [-0.3, -0.25) is 9.59 Å². The Labute approximate surface area is 150 Å². The summed E-state index contributed by atoms with van der Waals surface area (Å²) in [6.07, 6.45) is 7.11. The average Bonchev–Trinajstić information content (AvgIpc) is 2.84. The van der Waals surface area contributed by atoms with Gasteiger partial charge in [0.05, 0.1) is 6.10 Å². The molecule has 0 aromatic rings. The van der Waals surface area contributed by atoms with Gasteiger partial charge >= 0.3 is 5.97 Å². The van der Waals surface area contributed by atoms with Crippen molar-refractivity contribution in [2.75, 3.05) is 0 Å². The van der Waals surface area contributed by atoms with Gasteiger partial charge < -0.3 is 9.84 Å². The van der Waals surface area contributed by atoms with Gasteiger partial charge in [0.25, 0.3) is 0 Å². The van der Waals surface area contributed by atoms with E-state index in [1.54, 1.807) is 0 Å². The second-order valence-corrected chi connectivity index (χ2v) is 9.72. The lowest BCUT2D eigenvalue weighted by Gasteiger charge is -2.61. The normalized spacial score (nSPS) is 52.1. The highest BCUT2D eigenvalue weighted by Crippen LogP contribution is 2.65. The number of aliphatic hydroxyl groups is 1. The van der Waals surface area contributed by atoms with Crippen LogP contribution in [-0.2, 0) is 14.3 Å². The number of carbonyl (C=O) groups excluding carboxylic acids is 2. The minimum atomic E-state index is -0.310. The second-order valence-electron chi connectivity index (χ2n) is 9.72. The second kappa shape index (κ2) is 5.80. The Morgan fingerprint density at radius 2 is 1.88 bits per heavy atom. The molecule has 1 N–H and O–H groups in total. The van der Waals surface area contributed by atoms with Crippen LogP contribution < -0.4 is 0 Å². The monoisotopic (exact) mass is 348 g/mol. The summed E-state index contributed by atoms with van der Waals surface area (Å²) in [7, 11) is 0. The van der Waals surface area contributed by atoms with Gasteiger partial charge in [-0.15, -0.1) is 0 Å². The van der Waals surface area contributed by atoms with E-state index in [1.165, 1.54) is 6.92 Å². The molecule has 0 spiro atoms. The molecule has 0 amide bonds. The first-order chi connectivity index (χ1) is 11.8. The highest BCUT2D eigenvalue weighted by Gasteiger charge is 2.62. The van der Waals surface area contributed by atoms with Crippen molar-refractivity contribution in [2.45, 2.75) is 84.3 Å². The molecule has 4 rings (SSSR count). The lowest BCUT2D eigenvalue weighted by Crippen LogP contribution is -2.58. The molecule has 8 atom stereocenters. The van der Waals surface area contributed by atoms with Crippen molar-refractivity contribution in [1.82, 2.24) is 0 Å². The Hall–Kier alpha value is -0.900. The van der Waals surface area contributed by atoms with Crippen LogP contribution in [0.5, 0.6) is 0 Å². The topological polar surface area (TPSA) is 63.6 Å². The highest BCUT2D eigenvalue weighted by molar-refractivity contribution is 5.87. The number of ketones is 1. The number of esters is 1. The molecule has 0 aromatic heterocycles. The van der Waals surface area contributed by atoms with Crippen LogP contribution in [0.4, 0.5) is 0 Å². The molecule has 0 bridgehead atoms. The van der Waals surface area contributed by atoms with Crippen LogP contribution in [0.2, 0.25) is 0 Å². The molecule has 4 heteroatoms. The molecule has 4 fully saturated rings. The van der Waals surface area contributed by atoms with Crippen molar-refractivity contribution < 1.29 is 19.4 Å². The van der Waals surface area contributed by atoms with Gasteiger partial charge in [0.15, 0.2) is 0 Å². The molecule has 0 aromatic carbocycles. The van der Waals surface area contributed by atoms with Crippen LogP contribution >= 0.6 is 0 Å². The van der Waals surface area contributed by atoms with Crippen molar-refractivity contribution in [2.24, 2.45) is 34.5 Å². The van der Waals surface area contributed by atoms with E-state index >= 15 is 0 Å². The van der Waals surface area contributed by atoms with Crippen molar-refractivity contribution in [3.05, 3.63) is 0 Å². The van der Waals surface area contributed by atoms with Gasteiger partial charge in [-0.25, -0.2) is 0 Å². The Morgan fingerprint density at radius 1 is 1.12 bits per heavy atom. The molecule has 25 heavy (non-hydrogen) atoms. The number of fused-ring (bicyclic) bond motifs is 5. The summed E-state index contributed by atoms with van der Waals surface area (Å²) in [6, 6.07) is 0. The van der Waals surface area contributed by atoms with Gasteiger partial charge in [-0.05, 0) is 74.0 Å². The number of rotatable bonds is 1. The lowest BCUT2D eigenvalue weighted by atomic mass is 9.44. The molecule has 140 valence electrons. The zero-order valence-electron chi connectivity index (χ0n) is 15.8. The molecular weight excluding hydrogens is 316 g/mol. The molecule has 0 heterocycles. The summed E-state index contributed by atoms with van der Waals surface area (Å²) in [5.74, 6) is 1.79. The summed E-state index contributed by atoms with van der Waals surface area (Å²) < 4.78 is 5.49. The maximum absolute atomic E-state index is 12.5. The quantitative estimate of drug-likeness (QED) is 0.737. The summed E-state index contributed by atoms with van der Waals surface area (Å²) >= 11 is 0. The van der Waals surface area contributed by atoms with Crippen LogP contribution in [0.25, 0.3) is 0 Å². The van der Waals surface area contributed by atoms with Crippen LogP contribution in [0.3, 0.4) is 0 Å². The maximum Gasteiger partial charge on any atom is 0.302 e. The van der Waals surface area contributed by atoms with Crippen molar-refractivity contribution in [3.63, 3.8) is 0 Å². The van der Waals surface area contributed by atoms with Gasteiger partial charge in [-0.2, -0.15) is 0 Å². The Balaban J connectivity index is 1.59. The van der Waals surface area contributed by atoms with Crippen LogP contribution in [0.1, 0.15) is 72.1 Å². The first kappa shape index (κ1) is 17.5. The van der Waals surface area contributed by atoms with Crippen LogP contribution in [0, 0.1) is 34.5 Å². The van der Waals surface area contributed by atoms with Crippen LogP contribution in [-0.4, -0.2) is 29.1 Å². The average molecular weight is 348 g/mol. The van der Waals surface area contributed by atoms with Crippen molar-refractivity contribution >= 4 is 11.8 Å². The SMILES string of the molecule is CC(=O)O[C@H]1CC[C@@]2(C)[C@H](C1)C[C@@H](O)[C@@H]1[C@@H]2CC[C@]2(C)C(=O)CC[C@@H]12. The number of carbonyl (C=O) groups is 2. The third kappa shape index (κ3) is 2.50. The minimum absolute atomic E-state index is 0.0150. The summed E-state index contributed by atoms with van der Waals surface area (Å²) in [5.41, 5.74) is 0.0216. The number of aliphatic hydroxyl groups excluding tert-OH is 1. The third-order valence-corrected chi connectivity index (χ3v) is 8.68. The van der Waals surface area contributed by atoms with Crippen molar-refractivity contribution in [1.29, 1.82) is 0 Å². The molecular formula is C21H32O4. The van der Waals surface area contributed by atoms with E-state index in [9.17, 15) is 14.7 Å². The zero-order chi connectivity index (χ0) is 18.0. The van der Waals surface area contributed by atoms with E-state index in [1.807, 2.05) is 0 Å². The largest absolute Gasteiger partial charge is 0.463 e. The molecule has 0 unspecified atom stereocenters. The fourth-order valence-corrected chi connectivity index (χ4v) is 7.30. The standard InChI is InChI=1S/C21H32O4/c1-12(22)25-14-6-8-20(2)13(10-14)11-17(23)19-15-4-5-18(24)21(15,3)9-7-16(19)20/h13-17,19,23H,4-11H2,1-3H3/t13-,14+,15+,16+,17-,19+,20+,21+/m1/s1. The fraction of sp³-hybridized carbons (Fsp3) is 0.905. The predicted molar refractivity (Wildman–Crippen MR) is 93.7 cm³/mol. The van der Waals surface area contributed by atoms with E-state index < -0.39 is 0 Å². The molecule has 4 aliphatic rings. The van der Waals surface area contributed by atoms with E-state index in [2.05, 4.69) is 13.8 Å². The Morgan fingerprint density at radius 3 is 2.60 bits per heavy atom. The van der Waals surface area contributed by atoms with E-state index in [4.69, 9.17) is 4.74 Å². The van der Waals surface area contributed by atoms with E-state index in [-0.39, 0.29) is 34.9 Å². The zero-order valence-corrected chi connectivity index (χ0v) is 15.8. The van der Waals surface area contributed by atoms with Gasteiger partial charge in [-0.1, -0.05) is 13.8 Å². The van der Waals surface area contributed by atoms with Gasteiger partial charge in [0, 0.05) is 18.8 Å². The number of Topliss-reactive ketones (excluding diaryl/α,β-unsaturated/α-hetero) is 1. The van der Waals surface area contributed by atoms with E-state index in [0.29, 0.717) is 30.0 Å². The third-order valence-electron chi connectivity index (χ3n) is 8.68. The molecule has 4 nitrogen and oxygen atoms in total. The first-order valence-corrected chi connectivity index (χ1v) is 10.1. The molecule has 0 radical (unpaired) electrons. The lowest BCUT2D eigenvalue weighted by molar-refractivity contribution is -0.179. The van der Waals surface area contributed by atoms with Gasteiger partial charge in [0.2, 0.25) is 0 Å². The Kier molecular flexibility index (Phi) is 4.06. The highest BCUT2D eigenvalue weighted by atomic mass is 16.5. The summed E-state index contributed by atoms with van der Waals surface area (Å²) in [4.78, 5) is 23.8. The fourth-order valence-electron chi connectivity index (χ4n) is 7.30. The summed E-state index contributed by atoms with van der Waals surface area (Å²) in [5, 5.41) is 11.1. The van der Waals surface area contributed by atoms with Crippen LogP contribution in [0.15, 0.2) is 0 Å². The molecule has 4 saturated carbocycles. The first-order valence-electron chi connectivity index (χ1n) is 10.1. The molecule has 4 aliphatic carbocycles. The molecule has 0 saturated heterocycles. The smallest absolute Gasteiger partial charge is 0.302 e. The maximum atomic E-state index is 12.5. The number of hydrogen-bond donors (Lipinski definition) is 1. The van der Waals surface area contributed by atoms with Gasteiger partial charge in [0.1, 0.15) is 11.9 Å². The number of hydrogen-bond acceptors (Lipinski definition) is 4.